The van der Waals surface area contributed by atoms with Gasteiger partial charge in [-0.2, -0.15) is 4.31 Å². The number of imide groups is 1. The number of morpholine rings is 1. The number of benzene rings is 3. The van der Waals surface area contributed by atoms with E-state index in [1.54, 1.807) is 12.1 Å². The van der Waals surface area contributed by atoms with Gasteiger partial charge < -0.3 is 14.4 Å². The molecule has 6 rings (SSSR count). The zero-order valence-electron chi connectivity index (χ0n) is 22.6. The fourth-order valence-electron chi connectivity index (χ4n) is 5.74. The minimum atomic E-state index is -3.61. The van der Waals surface area contributed by atoms with Gasteiger partial charge in [0, 0.05) is 53.8 Å². The van der Waals surface area contributed by atoms with Gasteiger partial charge in [-0.15, -0.1) is 0 Å². The summed E-state index contributed by atoms with van der Waals surface area (Å²) in [5.41, 5.74) is 2.02. The minimum absolute atomic E-state index is 0.105. The first-order valence-electron chi connectivity index (χ1n) is 13.9. The Bertz CT molecular complexity index is 1590. The van der Waals surface area contributed by atoms with Gasteiger partial charge in [0.2, 0.25) is 10.0 Å². The normalized spacial score (nSPS) is 18.1. The molecule has 0 unspecified atom stereocenters. The molecule has 0 aliphatic carbocycles. The van der Waals surface area contributed by atoms with Crippen molar-refractivity contribution in [2.75, 3.05) is 57.4 Å². The van der Waals surface area contributed by atoms with E-state index in [9.17, 15) is 22.8 Å². The number of hydrogen-bond acceptors (Lipinski definition) is 8. The van der Waals surface area contributed by atoms with Crippen molar-refractivity contribution in [3.05, 3.63) is 71.3 Å². The van der Waals surface area contributed by atoms with Crippen LogP contribution in [0, 0.1) is 0 Å². The highest BCUT2D eigenvalue weighted by Crippen LogP contribution is 2.36. The van der Waals surface area contributed by atoms with Crippen LogP contribution < -0.4 is 4.90 Å². The Morgan fingerprint density at radius 2 is 1.51 bits per heavy atom. The lowest BCUT2D eigenvalue weighted by atomic mass is 9.92. The quantitative estimate of drug-likeness (QED) is 0.311. The van der Waals surface area contributed by atoms with Crippen LogP contribution in [0.4, 0.5) is 5.69 Å². The van der Waals surface area contributed by atoms with Gasteiger partial charge >= 0.3 is 5.97 Å². The number of piperidine rings is 1. The summed E-state index contributed by atoms with van der Waals surface area (Å²) in [4.78, 5) is 42.9. The molecular formula is C30H31N3O7S. The lowest BCUT2D eigenvalue weighted by Gasteiger charge is -2.32. The van der Waals surface area contributed by atoms with Gasteiger partial charge in [0.05, 0.1) is 30.2 Å². The van der Waals surface area contributed by atoms with E-state index < -0.39 is 27.8 Å². The summed E-state index contributed by atoms with van der Waals surface area (Å²) in [6.45, 7) is 3.39. The van der Waals surface area contributed by atoms with Crippen molar-refractivity contribution in [3.63, 3.8) is 0 Å². The number of esters is 1. The van der Waals surface area contributed by atoms with Crippen LogP contribution in [-0.2, 0) is 19.5 Å². The van der Waals surface area contributed by atoms with E-state index in [4.69, 9.17) is 9.47 Å². The number of anilines is 1. The fourth-order valence-corrected chi connectivity index (χ4v) is 7.26. The highest BCUT2D eigenvalue weighted by molar-refractivity contribution is 7.89. The Kier molecular flexibility index (Phi) is 7.50. The molecule has 0 atom stereocenters. The predicted octanol–water partition coefficient (Wildman–Crippen LogP) is 3.30. The minimum Gasteiger partial charge on any atom is -0.460 e. The van der Waals surface area contributed by atoms with Crippen LogP contribution >= 0.6 is 0 Å². The summed E-state index contributed by atoms with van der Waals surface area (Å²) in [7, 11) is -3.61. The maximum Gasteiger partial charge on any atom is 0.338 e. The van der Waals surface area contributed by atoms with E-state index >= 15 is 0 Å². The SMILES string of the molecule is O=C(OCCN1C(=O)c2cccc3c(N4CCOCC4)ccc(c23)C1=O)c1ccc(S(=O)(=O)N2CCCCC2)cc1. The topological polar surface area (TPSA) is 114 Å². The molecule has 0 saturated carbocycles. The van der Waals surface area contributed by atoms with Gasteiger partial charge in [-0.25, -0.2) is 13.2 Å². The summed E-state index contributed by atoms with van der Waals surface area (Å²) in [5, 5.41) is 1.49. The average molecular weight is 578 g/mol. The third-order valence-electron chi connectivity index (χ3n) is 7.91. The number of ether oxygens (including phenoxy) is 2. The van der Waals surface area contributed by atoms with Crippen molar-refractivity contribution in [2.45, 2.75) is 24.2 Å². The molecule has 0 radical (unpaired) electrons. The molecule has 41 heavy (non-hydrogen) atoms. The largest absolute Gasteiger partial charge is 0.460 e. The van der Waals surface area contributed by atoms with Crippen LogP contribution in [0.3, 0.4) is 0 Å². The van der Waals surface area contributed by atoms with E-state index in [2.05, 4.69) is 4.90 Å². The van der Waals surface area contributed by atoms with Crippen LogP contribution in [0.5, 0.6) is 0 Å². The van der Waals surface area contributed by atoms with Crippen LogP contribution in [-0.4, -0.2) is 88.0 Å². The Hall–Kier alpha value is -3.80. The zero-order valence-corrected chi connectivity index (χ0v) is 23.4. The van der Waals surface area contributed by atoms with Crippen LogP contribution in [0.2, 0.25) is 0 Å². The Balaban J connectivity index is 1.13. The first-order chi connectivity index (χ1) is 19.9. The second kappa shape index (κ2) is 11.2. The van der Waals surface area contributed by atoms with Gasteiger partial charge in [-0.1, -0.05) is 18.6 Å². The number of carbonyl (C=O) groups excluding carboxylic acids is 3. The molecular weight excluding hydrogens is 546 g/mol. The number of hydrogen-bond donors (Lipinski definition) is 0. The van der Waals surface area contributed by atoms with Crippen molar-refractivity contribution in [3.8, 4) is 0 Å². The van der Waals surface area contributed by atoms with E-state index in [-0.39, 0.29) is 23.6 Å². The monoisotopic (exact) mass is 577 g/mol. The standard InChI is InChI=1S/C30H31N3O7S/c34-28-24-6-4-5-23-26(31-15-18-39-19-16-31)12-11-25(27(23)24)29(35)33(28)17-20-40-30(36)21-7-9-22(10-8-21)41(37,38)32-13-2-1-3-14-32/h4-12H,1-3,13-20H2. The molecule has 3 aliphatic rings. The van der Waals surface area contributed by atoms with Gasteiger partial charge in [-0.3, -0.25) is 14.5 Å². The third-order valence-corrected chi connectivity index (χ3v) is 9.82. The van der Waals surface area contributed by atoms with Crippen LogP contribution in [0.15, 0.2) is 59.5 Å². The van der Waals surface area contributed by atoms with Gasteiger partial charge in [0.1, 0.15) is 6.61 Å². The number of sulfonamides is 1. The lowest BCUT2D eigenvalue weighted by Crippen LogP contribution is -2.42. The van der Waals surface area contributed by atoms with E-state index in [0.717, 1.165) is 48.3 Å². The summed E-state index contributed by atoms with van der Waals surface area (Å²) in [5.74, 6) is -1.53. The third kappa shape index (κ3) is 5.09. The van der Waals surface area contributed by atoms with Gasteiger partial charge in [0.15, 0.2) is 0 Å². The Labute approximate surface area is 238 Å². The molecule has 3 heterocycles. The maximum absolute atomic E-state index is 13.4. The fraction of sp³-hybridized carbons (Fsp3) is 0.367. The van der Waals surface area contributed by atoms with E-state index in [1.807, 2.05) is 18.2 Å². The Morgan fingerprint density at radius 3 is 2.22 bits per heavy atom. The van der Waals surface area contributed by atoms with Crippen molar-refractivity contribution < 1.29 is 32.3 Å². The highest BCUT2D eigenvalue weighted by Gasteiger charge is 2.34. The molecule has 2 fully saturated rings. The van der Waals surface area contributed by atoms with Crippen molar-refractivity contribution in [1.82, 2.24) is 9.21 Å². The zero-order chi connectivity index (χ0) is 28.6. The molecule has 3 aromatic carbocycles. The predicted molar refractivity (Wildman–Crippen MR) is 152 cm³/mol. The molecule has 0 N–H and O–H groups in total. The van der Waals surface area contributed by atoms with E-state index in [1.165, 1.54) is 28.6 Å². The Morgan fingerprint density at radius 1 is 0.829 bits per heavy atom. The van der Waals surface area contributed by atoms with Crippen LogP contribution in [0.25, 0.3) is 10.8 Å². The molecule has 11 heteroatoms. The molecule has 0 bridgehead atoms. The van der Waals surface area contributed by atoms with Crippen molar-refractivity contribution in [2.24, 2.45) is 0 Å². The van der Waals surface area contributed by atoms with E-state index in [0.29, 0.717) is 42.8 Å². The summed E-state index contributed by atoms with van der Waals surface area (Å²) in [6.07, 6.45) is 2.69. The molecule has 0 spiro atoms. The average Bonchev–Trinajstić information content (AvgIpc) is 3.02. The summed E-state index contributed by atoms with van der Waals surface area (Å²) < 4.78 is 38.0. The van der Waals surface area contributed by atoms with Gasteiger partial charge in [0.25, 0.3) is 11.8 Å². The second-order valence-electron chi connectivity index (χ2n) is 10.3. The summed E-state index contributed by atoms with van der Waals surface area (Å²) in [6, 6.07) is 14.8. The second-order valence-corrected chi connectivity index (χ2v) is 12.3. The van der Waals surface area contributed by atoms with Gasteiger partial charge in [-0.05, 0) is 55.3 Å². The molecule has 214 valence electrons. The molecule has 10 nitrogen and oxygen atoms in total. The molecule has 0 aromatic heterocycles. The number of rotatable bonds is 7. The molecule has 3 aliphatic heterocycles. The lowest BCUT2D eigenvalue weighted by molar-refractivity contribution is 0.0405. The first kappa shape index (κ1) is 27.4. The van der Waals surface area contributed by atoms with Crippen LogP contribution in [0.1, 0.15) is 50.3 Å². The number of carbonyl (C=O) groups is 3. The summed E-state index contributed by atoms with van der Waals surface area (Å²) >= 11 is 0. The van der Waals surface area contributed by atoms with Crippen molar-refractivity contribution in [1.29, 1.82) is 0 Å². The molecule has 2 amide bonds. The highest BCUT2D eigenvalue weighted by atomic mass is 32.2. The number of amides is 2. The maximum atomic E-state index is 13.4. The molecule has 2 saturated heterocycles. The molecule has 3 aromatic rings. The first-order valence-corrected chi connectivity index (χ1v) is 15.3. The van der Waals surface area contributed by atoms with Crippen molar-refractivity contribution >= 4 is 44.3 Å². The number of nitrogens with zero attached hydrogens (tertiary/aromatic N) is 3. The smallest absolute Gasteiger partial charge is 0.338 e.